The number of rotatable bonds is 5. The number of hydrogen-bond acceptors (Lipinski definition) is 6. The minimum absolute atomic E-state index is 0.200. The highest BCUT2D eigenvalue weighted by Gasteiger charge is 2.44. The molecule has 2 unspecified atom stereocenters. The van der Waals surface area contributed by atoms with E-state index in [0.29, 0.717) is 0 Å². The van der Waals surface area contributed by atoms with Crippen LogP contribution in [0.2, 0.25) is 0 Å². The van der Waals surface area contributed by atoms with Crippen LogP contribution in [-0.4, -0.2) is 40.4 Å². The third-order valence-corrected chi connectivity index (χ3v) is 16.4. The normalized spacial score (nSPS) is 15.8. The summed E-state index contributed by atoms with van der Waals surface area (Å²) in [5.74, 6) is 0. The van der Waals surface area contributed by atoms with Gasteiger partial charge < -0.3 is 0 Å². The zero-order valence-electron chi connectivity index (χ0n) is 32.6. The van der Waals surface area contributed by atoms with E-state index >= 15 is 0 Å². The van der Waals surface area contributed by atoms with Gasteiger partial charge in [-0.05, 0) is 81.2 Å². The van der Waals surface area contributed by atoms with E-state index in [2.05, 4.69) is 206 Å². The van der Waals surface area contributed by atoms with Crippen molar-refractivity contribution in [3.63, 3.8) is 0 Å². The van der Waals surface area contributed by atoms with Crippen molar-refractivity contribution in [2.24, 2.45) is 0 Å². The molecule has 56 heavy (non-hydrogen) atoms. The van der Waals surface area contributed by atoms with Crippen LogP contribution in [0.15, 0.2) is 146 Å². The molecular weight excluding hydrogens is 727 g/mol. The van der Waals surface area contributed by atoms with E-state index in [1.165, 1.54) is 88.1 Å². The van der Waals surface area contributed by atoms with Crippen molar-refractivity contribution in [1.29, 1.82) is 0 Å². The van der Waals surface area contributed by atoms with Crippen molar-refractivity contribution in [1.82, 2.24) is 0 Å². The van der Waals surface area contributed by atoms with Crippen LogP contribution in [0.4, 0.5) is 22.7 Å². The maximum absolute atomic E-state index is 7.30. The molecule has 2 atom stereocenters. The van der Waals surface area contributed by atoms with Crippen LogP contribution in [0.3, 0.4) is 0 Å². The molecule has 278 valence electrons. The van der Waals surface area contributed by atoms with Crippen molar-refractivity contribution < 1.29 is 9.05 Å². The van der Waals surface area contributed by atoms with Crippen LogP contribution in [0, 0.1) is 0 Å². The Morgan fingerprint density at radius 3 is 0.821 bits per heavy atom. The van der Waals surface area contributed by atoms with E-state index in [-0.39, 0.29) is 12.2 Å². The Morgan fingerprint density at radius 1 is 0.339 bits per heavy atom. The lowest BCUT2D eigenvalue weighted by Gasteiger charge is -2.32. The molecule has 0 saturated carbocycles. The highest BCUT2D eigenvalue weighted by Crippen LogP contribution is 2.62. The first-order valence-corrected chi connectivity index (χ1v) is 22.0. The molecule has 0 bridgehead atoms. The quantitative estimate of drug-likeness (QED) is 0.162. The molecule has 0 radical (unpaired) electrons. The van der Waals surface area contributed by atoms with Gasteiger partial charge in [-0.2, -0.15) is 9.05 Å². The SMILES string of the molecule is CC(O[PH+]1N(C)c2ccc3ccccc3c2-c2c(ccc3ccccc23)N1C)C(C)O[PH+]1N(C)c2ccc3ccccc3c2-c2c(ccc3ccccc23)N1C. The summed E-state index contributed by atoms with van der Waals surface area (Å²) in [4.78, 5) is 0. The summed E-state index contributed by atoms with van der Waals surface area (Å²) in [5, 5.41) is 9.94. The molecule has 0 spiro atoms. The van der Waals surface area contributed by atoms with Gasteiger partial charge in [0, 0.05) is 50.4 Å². The number of hydrogen-bond donors (Lipinski definition) is 0. The Balaban J connectivity index is 1.03. The zero-order chi connectivity index (χ0) is 38.2. The monoisotopic (exact) mass is 772 g/mol. The van der Waals surface area contributed by atoms with Crippen molar-refractivity contribution in [3.05, 3.63) is 146 Å². The van der Waals surface area contributed by atoms with Gasteiger partial charge in [0.05, 0.1) is 22.7 Å². The first kappa shape index (κ1) is 35.2. The van der Waals surface area contributed by atoms with Gasteiger partial charge in [0.1, 0.15) is 12.2 Å². The highest BCUT2D eigenvalue weighted by atomic mass is 31.2. The van der Waals surface area contributed by atoms with Gasteiger partial charge in [0.15, 0.2) is 0 Å². The van der Waals surface area contributed by atoms with Crippen molar-refractivity contribution in [3.8, 4) is 22.3 Å². The minimum atomic E-state index is -1.79. The molecule has 8 aromatic rings. The molecule has 0 aromatic heterocycles. The van der Waals surface area contributed by atoms with Gasteiger partial charge in [-0.3, -0.25) is 0 Å². The van der Waals surface area contributed by atoms with E-state index in [9.17, 15) is 0 Å². The zero-order valence-corrected chi connectivity index (χ0v) is 34.6. The van der Waals surface area contributed by atoms with Crippen LogP contribution in [-0.2, 0) is 9.05 Å². The topological polar surface area (TPSA) is 31.4 Å². The van der Waals surface area contributed by atoms with Crippen LogP contribution in [0.5, 0.6) is 0 Å². The second kappa shape index (κ2) is 13.8. The molecule has 0 amide bonds. The summed E-state index contributed by atoms with van der Waals surface area (Å²) < 4.78 is 24.2. The fraction of sp³-hybridized carbons (Fsp3) is 0.167. The van der Waals surface area contributed by atoms with Crippen molar-refractivity contribution in [2.45, 2.75) is 26.1 Å². The molecule has 6 nitrogen and oxygen atoms in total. The van der Waals surface area contributed by atoms with Gasteiger partial charge in [0.25, 0.3) is 0 Å². The van der Waals surface area contributed by atoms with E-state index in [1.807, 2.05) is 0 Å². The Hall–Kier alpha value is -5.22. The molecule has 10 rings (SSSR count). The van der Waals surface area contributed by atoms with Gasteiger partial charge >= 0.3 is 16.9 Å². The lowest BCUT2D eigenvalue weighted by atomic mass is 9.91. The summed E-state index contributed by atoms with van der Waals surface area (Å²) in [6.45, 7) is 4.36. The van der Waals surface area contributed by atoms with Gasteiger partial charge in [0.2, 0.25) is 0 Å². The Labute approximate surface area is 331 Å². The van der Waals surface area contributed by atoms with E-state index in [4.69, 9.17) is 9.05 Å². The molecule has 2 aliphatic heterocycles. The molecule has 0 saturated heterocycles. The fourth-order valence-corrected chi connectivity index (χ4v) is 13.1. The Bertz CT molecular complexity index is 2450. The predicted octanol–water partition coefficient (Wildman–Crippen LogP) is 12.8. The van der Waals surface area contributed by atoms with Gasteiger partial charge in [-0.25, -0.2) is 18.7 Å². The second-order valence-corrected chi connectivity index (χ2v) is 19.5. The maximum Gasteiger partial charge on any atom is 0.321 e. The molecule has 2 heterocycles. The Kier molecular flexibility index (Phi) is 8.65. The van der Waals surface area contributed by atoms with Crippen LogP contribution in [0.1, 0.15) is 13.8 Å². The molecule has 8 aromatic carbocycles. The van der Waals surface area contributed by atoms with E-state index < -0.39 is 16.9 Å². The molecule has 0 aliphatic carbocycles. The summed E-state index contributed by atoms with van der Waals surface area (Å²) in [6, 6.07) is 53.1. The van der Waals surface area contributed by atoms with Gasteiger partial charge in [-0.15, -0.1) is 0 Å². The Morgan fingerprint density at radius 2 is 0.571 bits per heavy atom. The largest absolute Gasteiger partial charge is 0.321 e. The lowest BCUT2D eigenvalue weighted by molar-refractivity contribution is 0.0959. The summed E-state index contributed by atoms with van der Waals surface area (Å²) >= 11 is 0. The number of fused-ring (bicyclic) bond motifs is 14. The third kappa shape index (κ3) is 5.46. The maximum atomic E-state index is 7.30. The molecular formula is C48H46N4O2P2+2. The standard InChI is InChI=1S/C48H44N4O2P2/c1-31(53-55-49(3)41-27-23-33-15-7-11-19-37(33)45(41)46-38-20-12-8-16-34(38)24-28-42(46)50(55)4)32(2)54-56-51(5)43-29-25-35-17-9-13-21-39(35)47(43)48-40-22-14-10-18-36(40)26-30-44(48)52(56)6/h7-32H,1-6H3/p+2. The van der Waals surface area contributed by atoms with E-state index in [1.54, 1.807) is 0 Å². The first-order chi connectivity index (χ1) is 27.3. The van der Waals surface area contributed by atoms with Crippen LogP contribution >= 0.6 is 16.9 Å². The number of anilines is 4. The van der Waals surface area contributed by atoms with Crippen LogP contribution < -0.4 is 18.7 Å². The summed E-state index contributed by atoms with van der Waals surface area (Å²) in [5.41, 5.74) is 9.77. The first-order valence-electron chi connectivity index (χ1n) is 19.4. The van der Waals surface area contributed by atoms with Crippen LogP contribution in [0.25, 0.3) is 65.3 Å². The summed E-state index contributed by atoms with van der Waals surface area (Å²) in [6.07, 6.45) is -0.399. The number of benzene rings is 8. The average Bonchev–Trinajstić information content (AvgIpc) is 3.39. The third-order valence-electron chi connectivity index (χ3n) is 12.0. The second-order valence-electron chi connectivity index (χ2n) is 15.2. The highest BCUT2D eigenvalue weighted by molar-refractivity contribution is 7.56. The van der Waals surface area contributed by atoms with Gasteiger partial charge in [-0.1, -0.05) is 121 Å². The minimum Gasteiger partial charge on any atom is -0.208 e. The van der Waals surface area contributed by atoms with E-state index in [0.717, 1.165) is 0 Å². The molecule has 0 fully saturated rings. The lowest BCUT2D eigenvalue weighted by Crippen LogP contribution is -2.33. The predicted molar refractivity (Wildman–Crippen MR) is 245 cm³/mol. The van der Waals surface area contributed by atoms with Crippen molar-refractivity contribution >= 4 is 82.7 Å². The molecule has 2 aliphatic rings. The summed E-state index contributed by atoms with van der Waals surface area (Å²) in [7, 11) is 5.22. The fourth-order valence-electron chi connectivity index (χ4n) is 8.91. The molecule has 0 N–H and O–H groups in total. The molecule has 8 heteroatoms. The van der Waals surface area contributed by atoms with Crippen molar-refractivity contribution in [2.75, 3.05) is 46.9 Å². The average molecular weight is 773 g/mol. The number of nitrogens with zero attached hydrogens (tertiary/aromatic N) is 4. The smallest absolute Gasteiger partial charge is 0.208 e.